The fourth-order valence-electron chi connectivity index (χ4n) is 1.06. The number of amides is 1. The van der Waals surface area contributed by atoms with E-state index in [1.807, 2.05) is 18.2 Å². The second-order valence-electron chi connectivity index (χ2n) is 2.77. The highest BCUT2D eigenvalue weighted by Gasteiger charge is 2.05. The number of hydrogen-bond acceptors (Lipinski definition) is 3. The van der Waals surface area contributed by atoms with Crippen LogP contribution in [0.3, 0.4) is 0 Å². The van der Waals surface area contributed by atoms with Crippen LogP contribution in [0.2, 0.25) is 0 Å². The van der Waals surface area contributed by atoms with Gasteiger partial charge in [0.15, 0.2) is 0 Å². The number of H-pyrrole nitrogens is 1. The summed E-state index contributed by atoms with van der Waals surface area (Å²) in [6.07, 6.45) is 2.51. The van der Waals surface area contributed by atoms with Gasteiger partial charge >= 0.3 is 12.1 Å². The molecule has 0 radical (unpaired) electrons. The number of rotatable bonds is 2. The third kappa shape index (κ3) is 2.57. The molecule has 1 aromatic heterocycles. The molecule has 0 bridgehead atoms. The summed E-state index contributed by atoms with van der Waals surface area (Å²) in [6.45, 7) is 0. The maximum absolute atomic E-state index is 11.3. The van der Waals surface area contributed by atoms with Crippen molar-refractivity contribution in [2.75, 3.05) is 5.32 Å². The van der Waals surface area contributed by atoms with Crippen molar-refractivity contribution in [1.82, 2.24) is 9.97 Å². The van der Waals surface area contributed by atoms with Crippen LogP contribution in [0, 0.1) is 0 Å². The number of anilines is 1. The molecule has 1 heterocycles. The van der Waals surface area contributed by atoms with Gasteiger partial charge in [-0.3, -0.25) is 5.32 Å². The number of imidazole rings is 1. The molecule has 0 aliphatic carbocycles. The molecule has 76 valence electrons. The Hall–Kier alpha value is -2.30. The minimum atomic E-state index is -0.573. The lowest BCUT2D eigenvalue weighted by atomic mass is 10.3. The van der Waals surface area contributed by atoms with Crippen molar-refractivity contribution >= 4 is 11.8 Å². The van der Waals surface area contributed by atoms with Crippen LogP contribution in [0.25, 0.3) is 0 Å². The van der Waals surface area contributed by atoms with Gasteiger partial charge in [-0.1, -0.05) is 18.2 Å². The third-order valence-corrected chi connectivity index (χ3v) is 1.68. The molecule has 0 spiro atoms. The van der Waals surface area contributed by atoms with Crippen LogP contribution in [0.1, 0.15) is 0 Å². The Morgan fingerprint density at radius 1 is 1.33 bits per heavy atom. The average molecular weight is 203 g/mol. The monoisotopic (exact) mass is 203 g/mol. The topological polar surface area (TPSA) is 67.0 Å². The van der Waals surface area contributed by atoms with E-state index in [9.17, 15) is 4.79 Å². The van der Waals surface area contributed by atoms with Gasteiger partial charge in [0, 0.05) is 18.1 Å². The maximum atomic E-state index is 11.3. The van der Waals surface area contributed by atoms with Crippen LogP contribution >= 0.6 is 0 Å². The van der Waals surface area contributed by atoms with Crippen LogP contribution in [-0.2, 0) is 0 Å². The van der Waals surface area contributed by atoms with E-state index in [2.05, 4.69) is 15.3 Å². The summed E-state index contributed by atoms with van der Waals surface area (Å²) >= 11 is 0. The minimum absolute atomic E-state index is 0.170. The van der Waals surface area contributed by atoms with Crippen molar-refractivity contribution in [2.24, 2.45) is 0 Å². The molecule has 1 aromatic carbocycles. The van der Waals surface area contributed by atoms with E-state index >= 15 is 0 Å². The predicted octanol–water partition coefficient (Wildman–Crippen LogP) is 2.02. The highest BCUT2D eigenvalue weighted by molar-refractivity contribution is 5.85. The van der Waals surface area contributed by atoms with Crippen molar-refractivity contribution in [1.29, 1.82) is 0 Å². The molecule has 5 nitrogen and oxygen atoms in total. The molecule has 2 aromatic rings. The fraction of sp³-hybridized carbons (Fsp3) is 0. The molecule has 0 aliphatic heterocycles. The molecule has 2 N–H and O–H groups in total. The number of benzene rings is 1. The first-order chi connectivity index (χ1) is 7.34. The van der Waals surface area contributed by atoms with Crippen molar-refractivity contribution in [2.45, 2.75) is 0 Å². The van der Waals surface area contributed by atoms with Gasteiger partial charge in [-0.15, -0.1) is 0 Å². The molecule has 0 unspecified atom stereocenters. The Kier molecular flexibility index (Phi) is 2.64. The van der Waals surface area contributed by atoms with Crippen molar-refractivity contribution in [3.05, 3.63) is 42.7 Å². The Balaban J connectivity index is 1.94. The predicted molar refractivity (Wildman–Crippen MR) is 54.7 cm³/mol. The maximum Gasteiger partial charge on any atom is 0.419 e. The minimum Gasteiger partial charge on any atom is -0.375 e. The number of aromatic nitrogens is 2. The first-order valence-electron chi connectivity index (χ1n) is 4.38. The molecule has 0 saturated carbocycles. The molecule has 0 saturated heterocycles. The number of ether oxygens (including phenoxy) is 1. The van der Waals surface area contributed by atoms with Crippen LogP contribution in [0.15, 0.2) is 42.7 Å². The number of nitrogens with zero attached hydrogens (tertiary/aromatic N) is 1. The summed E-state index contributed by atoms with van der Waals surface area (Å²) in [7, 11) is 0. The summed E-state index contributed by atoms with van der Waals surface area (Å²) in [4.78, 5) is 17.7. The molecule has 15 heavy (non-hydrogen) atoms. The lowest BCUT2D eigenvalue weighted by molar-refractivity contribution is 0.211. The molecule has 0 aliphatic rings. The highest BCUT2D eigenvalue weighted by atomic mass is 16.6. The summed E-state index contributed by atoms with van der Waals surface area (Å²) in [5.74, 6) is 0. The fourth-order valence-corrected chi connectivity index (χ4v) is 1.06. The van der Waals surface area contributed by atoms with Gasteiger partial charge in [-0.05, 0) is 12.1 Å². The van der Waals surface area contributed by atoms with Crippen molar-refractivity contribution in [3.8, 4) is 6.01 Å². The van der Waals surface area contributed by atoms with Gasteiger partial charge in [0.05, 0.1) is 0 Å². The average Bonchev–Trinajstić information content (AvgIpc) is 2.71. The molecule has 2 rings (SSSR count). The largest absolute Gasteiger partial charge is 0.419 e. The second-order valence-corrected chi connectivity index (χ2v) is 2.77. The molecule has 5 heteroatoms. The zero-order chi connectivity index (χ0) is 10.5. The number of carbonyl (C=O) groups excluding carboxylic acids is 1. The SMILES string of the molecule is O=C(Nc1ccccc1)Oc1ncc[nH]1. The number of nitrogens with one attached hydrogen (secondary N) is 2. The normalized spacial score (nSPS) is 9.60. The lowest BCUT2D eigenvalue weighted by Crippen LogP contribution is -2.17. The van der Waals surface area contributed by atoms with E-state index in [4.69, 9.17) is 4.74 Å². The van der Waals surface area contributed by atoms with Crippen molar-refractivity contribution in [3.63, 3.8) is 0 Å². The van der Waals surface area contributed by atoms with Gasteiger partial charge in [0.1, 0.15) is 0 Å². The first-order valence-corrected chi connectivity index (χ1v) is 4.38. The summed E-state index contributed by atoms with van der Waals surface area (Å²) in [6, 6.07) is 9.21. The Bertz CT molecular complexity index is 425. The Morgan fingerprint density at radius 3 is 2.80 bits per heavy atom. The van der Waals surface area contributed by atoms with Gasteiger partial charge < -0.3 is 9.72 Å². The molecule has 0 fully saturated rings. The molecule has 0 atom stereocenters. The van der Waals surface area contributed by atoms with Crippen LogP contribution in [0.4, 0.5) is 10.5 Å². The Labute approximate surface area is 86.1 Å². The second kappa shape index (κ2) is 4.28. The first kappa shape index (κ1) is 9.26. The van der Waals surface area contributed by atoms with E-state index < -0.39 is 6.09 Å². The van der Waals surface area contributed by atoms with Gasteiger partial charge in [-0.2, -0.15) is 0 Å². The number of hydrogen-bond donors (Lipinski definition) is 2. The Morgan fingerprint density at radius 2 is 2.13 bits per heavy atom. The smallest absolute Gasteiger partial charge is 0.375 e. The zero-order valence-corrected chi connectivity index (χ0v) is 7.81. The van der Waals surface area contributed by atoms with E-state index in [0.29, 0.717) is 5.69 Å². The third-order valence-electron chi connectivity index (χ3n) is 1.68. The lowest BCUT2D eigenvalue weighted by Gasteiger charge is -2.03. The molecular formula is C10H9N3O2. The summed E-state index contributed by atoms with van der Waals surface area (Å²) in [5, 5.41) is 2.56. The van der Waals surface area contributed by atoms with Gasteiger partial charge in [0.2, 0.25) is 0 Å². The van der Waals surface area contributed by atoms with E-state index in [1.165, 1.54) is 6.20 Å². The number of aromatic amines is 1. The van der Waals surface area contributed by atoms with Gasteiger partial charge in [-0.25, -0.2) is 9.78 Å². The van der Waals surface area contributed by atoms with Crippen LogP contribution in [-0.4, -0.2) is 16.1 Å². The van der Waals surface area contributed by atoms with Gasteiger partial charge in [0.25, 0.3) is 0 Å². The molecule has 1 amide bonds. The highest BCUT2D eigenvalue weighted by Crippen LogP contribution is 2.06. The van der Waals surface area contributed by atoms with Crippen molar-refractivity contribution < 1.29 is 9.53 Å². The standard InChI is InChI=1S/C10H9N3O2/c14-10(15-9-11-6-7-12-9)13-8-4-2-1-3-5-8/h1-7H,(H,11,12)(H,13,14). The molecular weight excluding hydrogens is 194 g/mol. The summed E-state index contributed by atoms with van der Waals surface area (Å²) < 4.78 is 4.84. The number of carbonyl (C=O) groups is 1. The quantitative estimate of drug-likeness (QED) is 0.784. The van der Waals surface area contributed by atoms with E-state index in [1.54, 1.807) is 18.3 Å². The van der Waals surface area contributed by atoms with Crippen LogP contribution in [0.5, 0.6) is 6.01 Å². The van der Waals surface area contributed by atoms with E-state index in [-0.39, 0.29) is 6.01 Å². The van der Waals surface area contributed by atoms with E-state index in [0.717, 1.165) is 0 Å². The van der Waals surface area contributed by atoms with Crippen LogP contribution < -0.4 is 10.1 Å². The summed E-state index contributed by atoms with van der Waals surface area (Å²) in [5.41, 5.74) is 0.675. The number of para-hydroxylation sites is 1. The zero-order valence-electron chi connectivity index (χ0n) is 7.81.